The predicted octanol–water partition coefficient (Wildman–Crippen LogP) is 1.94. The van der Waals surface area contributed by atoms with Gasteiger partial charge in [0.2, 0.25) is 0 Å². The van der Waals surface area contributed by atoms with E-state index in [0.717, 1.165) is 11.3 Å². The molecule has 5 nitrogen and oxygen atoms in total. The molecular weight excluding hydrogens is 220 g/mol. The fraction of sp³-hybridized carbons (Fsp3) is 0.167. The molecule has 0 spiro atoms. The van der Waals surface area contributed by atoms with Crippen molar-refractivity contribution < 1.29 is 10.0 Å². The minimum absolute atomic E-state index is 0.0139. The predicted molar refractivity (Wildman–Crippen MR) is 62.6 cm³/mol. The van der Waals surface area contributed by atoms with E-state index in [1.54, 1.807) is 12.1 Å². The number of hydrogen-bond acceptors (Lipinski definition) is 3. The number of hydrogen-bond donors (Lipinski definition) is 1. The first-order valence-electron chi connectivity index (χ1n) is 5.19. The van der Waals surface area contributed by atoms with Crippen LogP contribution in [0.4, 0.5) is 5.69 Å². The van der Waals surface area contributed by atoms with Crippen molar-refractivity contribution in [1.82, 2.24) is 4.57 Å². The van der Waals surface area contributed by atoms with Crippen LogP contribution in [0.3, 0.4) is 0 Å². The van der Waals surface area contributed by atoms with Crippen LogP contribution in [0.2, 0.25) is 0 Å². The molecule has 0 amide bonds. The molecular formula is C12H12N2O3. The highest BCUT2D eigenvalue weighted by atomic mass is 16.6. The standard InChI is InChI=1S/C12H12N2O3/c15-9-12-2-1-7-13(12)8-10-3-5-11(6-4-10)14(16)17/h1-7,15H,8-9H2. The largest absolute Gasteiger partial charge is 0.390 e. The molecule has 5 heteroatoms. The van der Waals surface area contributed by atoms with Gasteiger partial charge in [-0.3, -0.25) is 10.1 Å². The second kappa shape index (κ2) is 4.80. The maximum absolute atomic E-state index is 10.5. The molecule has 1 aromatic carbocycles. The lowest BCUT2D eigenvalue weighted by molar-refractivity contribution is -0.384. The Balaban J connectivity index is 2.16. The average Bonchev–Trinajstić information content (AvgIpc) is 2.77. The lowest BCUT2D eigenvalue weighted by atomic mass is 10.2. The van der Waals surface area contributed by atoms with Crippen molar-refractivity contribution in [2.45, 2.75) is 13.2 Å². The molecule has 0 unspecified atom stereocenters. The summed E-state index contributed by atoms with van der Waals surface area (Å²) in [6.07, 6.45) is 1.87. The summed E-state index contributed by atoms with van der Waals surface area (Å²) in [6, 6.07) is 10.1. The van der Waals surface area contributed by atoms with Crippen molar-refractivity contribution in [3.05, 3.63) is 64.0 Å². The number of aliphatic hydroxyl groups excluding tert-OH is 1. The molecule has 1 aromatic heterocycles. The smallest absolute Gasteiger partial charge is 0.269 e. The maximum atomic E-state index is 10.5. The fourth-order valence-corrected chi connectivity index (χ4v) is 1.67. The number of nitrogens with zero attached hydrogens (tertiary/aromatic N) is 2. The van der Waals surface area contributed by atoms with Crippen LogP contribution in [-0.4, -0.2) is 14.6 Å². The second-order valence-electron chi connectivity index (χ2n) is 3.71. The molecule has 0 radical (unpaired) electrons. The van der Waals surface area contributed by atoms with Gasteiger partial charge in [0.15, 0.2) is 0 Å². The molecule has 17 heavy (non-hydrogen) atoms. The van der Waals surface area contributed by atoms with Crippen molar-refractivity contribution >= 4 is 5.69 Å². The Labute approximate surface area is 98.1 Å². The van der Waals surface area contributed by atoms with E-state index in [0.29, 0.717) is 6.54 Å². The van der Waals surface area contributed by atoms with Crippen LogP contribution in [0.1, 0.15) is 11.3 Å². The summed E-state index contributed by atoms with van der Waals surface area (Å²) in [4.78, 5) is 10.1. The molecule has 0 aliphatic carbocycles. The molecule has 2 aromatic rings. The van der Waals surface area contributed by atoms with Crippen molar-refractivity contribution in [3.63, 3.8) is 0 Å². The zero-order valence-corrected chi connectivity index (χ0v) is 9.11. The van der Waals surface area contributed by atoms with Gasteiger partial charge < -0.3 is 9.67 Å². The van der Waals surface area contributed by atoms with Crippen LogP contribution in [0.15, 0.2) is 42.6 Å². The number of rotatable bonds is 4. The van der Waals surface area contributed by atoms with E-state index in [-0.39, 0.29) is 12.3 Å². The van der Waals surface area contributed by atoms with Gasteiger partial charge >= 0.3 is 0 Å². The van der Waals surface area contributed by atoms with Gasteiger partial charge in [0, 0.05) is 30.6 Å². The summed E-state index contributed by atoms with van der Waals surface area (Å²) in [5, 5.41) is 19.6. The first kappa shape index (κ1) is 11.3. The summed E-state index contributed by atoms with van der Waals surface area (Å²) >= 11 is 0. The normalized spacial score (nSPS) is 10.4. The number of aromatic nitrogens is 1. The van der Waals surface area contributed by atoms with E-state index < -0.39 is 4.92 Å². The van der Waals surface area contributed by atoms with Gasteiger partial charge in [-0.1, -0.05) is 12.1 Å². The van der Waals surface area contributed by atoms with Gasteiger partial charge in [-0.15, -0.1) is 0 Å². The van der Waals surface area contributed by atoms with Crippen LogP contribution < -0.4 is 0 Å². The molecule has 2 rings (SSSR count). The second-order valence-corrected chi connectivity index (χ2v) is 3.71. The number of nitro benzene ring substituents is 1. The monoisotopic (exact) mass is 232 g/mol. The number of benzene rings is 1. The lowest BCUT2D eigenvalue weighted by Gasteiger charge is -2.07. The van der Waals surface area contributed by atoms with Crippen molar-refractivity contribution in [1.29, 1.82) is 0 Å². The minimum Gasteiger partial charge on any atom is -0.390 e. The zero-order chi connectivity index (χ0) is 12.3. The van der Waals surface area contributed by atoms with E-state index in [1.807, 2.05) is 22.9 Å². The lowest BCUT2D eigenvalue weighted by Crippen LogP contribution is -2.02. The topological polar surface area (TPSA) is 68.3 Å². The van der Waals surface area contributed by atoms with E-state index in [2.05, 4.69) is 0 Å². The molecule has 0 fully saturated rings. The molecule has 1 N–H and O–H groups in total. The van der Waals surface area contributed by atoms with E-state index in [4.69, 9.17) is 5.11 Å². The first-order valence-corrected chi connectivity index (χ1v) is 5.19. The fourth-order valence-electron chi connectivity index (χ4n) is 1.67. The molecule has 0 aliphatic heterocycles. The van der Waals surface area contributed by atoms with Gasteiger partial charge in [-0.2, -0.15) is 0 Å². The molecule has 1 heterocycles. The van der Waals surface area contributed by atoms with Crippen LogP contribution in [-0.2, 0) is 13.2 Å². The highest BCUT2D eigenvalue weighted by Gasteiger charge is 2.05. The summed E-state index contributed by atoms with van der Waals surface area (Å²) in [6.45, 7) is 0.584. The van der Waals surface area contributed by atoms with Crippen molar-refractivity contribution in [2.24, 2.45) is 0 Å². The van der Waals surface area contributed by atoms with Crippen LogP contribution in [0.25, 0.3) is 0 Å². The summed E-state index contributed by atoms with van der Waals surface area (Å²) in [5.74, 6) is 0. The molecule has 0 saturated heterocycles. The summed E-state index contributed by atoms with van der Waals surface area (Å²) in [5.41, 5.74) is 1.87. The Kier molecular flexibility index (Phi) is 3.20. The van der Waals surface area contributed by atoms with Crippen molar-refractivity contribution in [2.75, 3.05) is 0 Å². The SMILES string of the molecule is O=[N+]([O-])c1ccc(Cn2cccc2CO)cc1. The molecule has 0 saturated carbocycles. The Morgan fingerprint density at radius 2 is 1.94 bits per heavy atom. The van der Waals surface area contributed by atoms with E-state index >= 15 is 0 Å². The molecule has 0 aliphatic rings. The van der Waals surface area contributed by atoms with E-state index in [1.165, 1.54) is 12.1 Å². The number of non-ortho nitro benzene ring substituents is 1. The number of aliphatic hydroxyl groups is 1. The molecule has 0 atom stereocenters. The van der Waals surface area contributed by atoms with E-state index in [9.17, 15) is 10.1 Å². The third-order valence-corrected chi connectivity index (χ3v) is 2.59. The minimum atomic E-state index is -0.418. The Hall–Kier alpha value is -2.14. The third-order valence-electron chi connectivity index (χ3n) is 2.59. The highest BCUT2D eigenvalue weighted by Crippen LogP contribution is 2.14. The van der Waals surface area contributed by atoms with Gasteiger partial charge in [0.1, 0.15) is 0 Å². The molecule has 88 valence electrons. The van der Waals surface area contributed by atoms with Crippen LogP contribution >= 0.6 is 0 Å². The molecule has 0 bridgehead atoms. The quantitative estimate of drug-likeness (QED) is 0.647. The average molecular weight is 232 g/mol. The van der Waals surface area contributed by atoms with Gasteiger partial charge in [0.05, 0.1) is 11.5 Å². The van der Waals surface area contributed by atoms with Gasteiger partial charge in [0.25, 0.3) is 5.69 Å². The van der Waals surface area contributed by atoms with Gasteiger partial charge in [-0.25, -0.2) is 0 Å². The zero-order valence-electron chi connectivity index (χ0n) is 9.11. The number of nitro groups is 1. The Bertz CT molecular complexity index is 517. The maximum Gasteiger partial charge on any atom is 0.269 e. The Morgan fingerprint density at radius 1 is 1.24 bits per heavy atom. The van der Waals surface area contributed by atoms with Gasteiger partial charge in [-0.05, 0) is 17.7 Å². The highest BCUT2D eigenvalue weighted by molar-refractivity contribution is 5.33. The van der Waals surface area contributed by atoms with Crippen molar-refractivity contribution in [3.8, 4) is 0 Å². The Morgan fingerprint density at radius 3 is 2.53 bits per heavy atom. The summed E-state index contributed by atoms with van der Waals surface area (Å²) < 4.78 is 1.90. The summed E-state index contributed by atoms with van der Waals surface area (Å²) in [7, 11) is 0. The van der Waals surface area contributed by atoms with Crippen LogP contribution in [0, 0.1) is 10.1 Å². The third kappa shape index (κ3) is 2.51. The van der Waals surface area contributed by atoms with Crippen LogP contribution in [0.5, 0.6) is 0 Å². The first-order chi connectivity index (χ1) is 8.20.